The van der Waals surface area contributed by atoms with Crippen molar-refractivity contribution in [2.24, 2.45) is 17.8 Å². The minimum atomic E-state index is -0.702. The van der Waals surface area contributed by atoms with Gasteiger partial charge in [-0.25, -0.2) is 13.8 Å². The SMILES string of the molecule is C[C@@H]1CN(c2nc(-c3ccc(F)cc3F)c3c(n2)nc(N(C)C)n3C)C[C@H](C(C=NC2CC2)=CN)O1. The second-order valence-corrected chi connectivity index (χ2v) is 9.55. The van der Waals surface area contributed by atoms with Gasteiger partial charge in [0.05, 0.1) is 18.7 Å². The number of anilines is 2. The third-order valence-corrected chi connectivity index (χ3v) is 6.37. The van der Waals surface area contributed by atoms with E-state index in [0.29, 0.717) is 47.9 Å². The summed E-state index contributed by atoms with van der Waals surface area (Å²) in [7, 11) is 5.56. The number of benzene rings is 1. The Balaban J connectivity index is 1.59. The Morgan fingerprint density at radius 2 is 1.97 bits per heavy atom. The standard InChI is InChI=1S/C25H30F2N8O/c1-14-12-35(13-20(36-14)15(10-28)11-29-17-6-7-17)24-30-21(18-8-5-16(26)9-19(18)27)22-23(31-24)32-25(33(2)3)34(22)4/h5,8-11,14,17,20H,6-7,12-13,28H2,1-4H3/t14-,20-/m1/s1. The number of aryl methyl sites for hydroxylation is 1. The minimum Gasteiger partial charge on any atom is -0.404 e. The Bertz CT molecular complexity index is 1350. The summed E-state index contributed by atoms with van der Waals surface area (Å²) in [5.41, 5.74) is 8.21. The fraction of sp³-hybridized carbons (Fsp3) is 0.440. The molecule has 190 valence electrons. The van der Waals surface area contributed by atoms with E-state index in [1.807, 2.05) is 42.4 Å². The van der Waals surface area contributed by atoms with E-state index >= 15 is 0 Å². The zero-order chi connectivity index (χ0) is 25.6. The topological polar surface area (TPSA) is 97.7 Å². The first kappa shape index (κ1) is 24.1. The maximum atomic E-state index is 15.0. The minimum absolute atomic E-state index is 0.139. The van der Waals surface area contributed by atoms with Crippen LogP contribution in [0.2, 0.25) is 0 Å². The molecule has 36 heavy (non-hydrogen) atoms. The number of morpholine rings is 1. The highest BCUT2D eigenvalue weighted by molar-refractivity contribution is 5.90. The highest BCUT2D eigenvalue weighted by Gasteiger charge is 2.31. The molecule has 2 aromatic heterocycles. The molecule has 9 nitrogen and oxygen atoms in total. The van der Waals surface area contributed by atoms with E-state index in [1.165, 1.54) is 18.3 Å². The largest absolute Gasteiger partial charge is 0.404 e. The maximum Gasteiger partial charge on any atom is 0.228 e. The van der Waals surface area contributed by atoms with E-state index in [4.69, 9.17) is 20.4 Å². The van der Waals surface area contributed by atoms with Gasteiger partial charge in [-0.1, -0.05) is 0 Å². The van der Waals surface area contributed by atoms with Gasteiger partial charge >= 0.3 is 0 Å². The lowest BCUT2D eigenvalue weighted by atomic mass is 10.1. The van der Waals surface area contributed by atoms with Crippen LogP contribution in [-0.4, -0.2) is 71.2 Å². The number of rotatable bonds is 6. The van der Waals surface area contributed by atoms with Crippen LogP contribution in [0.5, 0.6) is 0 Å². The molecule has 0 bridgehead atoms. The first-order valence-corrected chi connectivity index (χ1v) is 12.0. The number of halogens is 2. The summed E-state index contributed by atoms with van der Waals surface area (Å²) in [6.07, 6.45) is 5.05. The second kappa shape index (κ2) is 9.45. The Hall–Kier alpha value is -3.60. The summed E-state index contributed by atoms with van der Waals surface area (Å²) in [6.45, 7) is 2.93. The van der Waals surface area contributed by atoms with E-state index in [9.17, 15) is 8.78 Å². The van der Waals surface area contributed by atoms with Crippen LogP contribution in [0.3, 0.4) is 0 Å². The second-order valence-electron chi connectivity index (χ2n) is 9.55. The number of imidazole rings is 1. The molecular formula is C25H30F2N8O. The monoisotopic (exact) mass is 496 g/mol. The third kappa shape index (κ3) is 4.62. The van der Waals surface area contributed by atoms with Crippen LogP contribution in [-0.2, 0) is 11.8 Å². The van der Waals surface area contributed by atoms with Crippen LogP contribution in [0.1, 0.15) is 19.8 Å². The molecule has 0 amide bonds. The van der Waals surface area contributed by atoms with Crippen molar-refractivity contribution < 1.29 is 13.5 Å². The fourth-order valence-electron chi connectivity index (χ4n) is 4.45. The molecule has 3 aromatic rings. The van der Waals surface area contributed by atoms with Gasteiger partial charge in [0.1, 0.15) is 28.9 Å². The highest BCUT2D eigenvalue weighted by atomic mass is 19.1. The molecule has 0 unspecified atom stereocenters. The summed E-state index contributed by atoms with van der Waals surface area (Å²) < 4.78 is 36.6. The maximum absolute atomic E-state index is 15.0. The van der Waals surface area contributed by atoms with Gasteiger partial charge in [0.15, 0.2) is 5.65 Å². The van der Waals surface area contributed by atoms with Crippen molar-refractivity contribution in [2.75, 3.05) is 37.0 Å². The lowest BCUT2D eigenvalue weighted by molar-refractivity contribution is 0.00666. The van der Waals surface area contributed by atoms with Crippen molar-refractivity contribution in [2.45, 2.75) is 38.0 Å². The van der Waals surface area contributed by atoms with Crippen LogP contribution in [0.4, 0.5) is 20.7 Å². The number of aliphatic imine (C=N–C) groups is 1. The molecule has 2 atom stereocenters. The molecule has 3 heterocycles. The molecule has 2 aliphatic rings. The summed E-state index contributed by atoms with van der Waals surface area (Å²) in [4.78, 5) is 22.6. The number of nitrogens with zero attached hydrogens (tertiary/aromatic N) is 7. The van der Waals surface area contributed by atoms with Gasteiger partial charge in [0, 0.05) is 57.3 Å². The molecule has 2 fully saturated rings. The van der Waals surface area contributed by atoms with Crippen molar-refractivity contribution in [3.05, 3.63) is 41.6 Å². The van der Waals surface area contributed by atoms with Crippen molar-refractivity contribution in [1.82, 2.24) is 19.5 Å². The van der Waals surface area contributed by atoms with E-state index in [0.717, 1.165) is 24.5 Å². The zero-order valence-corrected chi connectivity index (χ0v) is 20.8. The van der Waals surface area contributed by atoms with E-state index in [2.05, 4.69) is 9.98 Å². The van der Waals surface area contributed by atoms with Crippen LogP contribution >= 0.6 is 0 Å². The summed E-state index contributed by atoms with van der Waals surface area (Å²) in [5.74, 6) is -0.329. The van der Waals surface area contributed by atoms with Gasteiger partial charge in [-0.3, -0.25) is 4.99 Å². The van der Waals surface area contributed by atoms with Crippen LogP contribution < -0.4 is 15.5 Å². The van der Waals surface area contributed by atoms with Crippen LogP contribution in [0.15, 0.2) is 35.0 Å². The molecule has 11 heteroatoms. The highest BCUT2D eigenvalue weighted by Crippen LogP contribution is 2.33. The first-order valence-electron chi connectivity index (χ1n) is 12.0. The smallest absolute Gasteiger partial charge is 0.228 e. The molecule has 1 aliphatic heterocycles. The molecule has 5 rings (SSSR count). The van der Waals surface area contributed by atoms with Crippen molar-refractivity contribution in [1.29, 1.82) is 0 Å². The van der Waals surface area contributed by atoms with E-state index < -0.39 is 11.6 Å². The molecule has 1 saturated carbocycles. The number of hydrogen-bond donors (Lipinski definition) is 1. The number of nitrogens with two attached hydrogens (primary N) is 1. The average molecular weight is 497 g/mol. The van der Waals surface area contributed by atoms with Crippen molar-refractivity contribution in [3.63, 3.8) is 0 Å². The van der Waals surface area contributed by atoms with Gasteiger partial charge in [-0.05, 0) is 31.9 Å². The number of fused-ring (bicyclic) bond motifs is 1. The normalized spacial score (nSPS) is 21.1. The van der Waals surface area contributed by atoms with Gasteiger partial charge < -0.3 is 24.8 Å². The molecule has 1 aliphatic carbocycles. The number of aromatic nitrogens is 4. The lowest BCUT2D eigenvalue weighted by Crippen LogP contribution is -2.48. The molecule has 0 radical (unpaired) electrons. The fourth-order valence-corrected chi connectivity index (χ4v) is 4.45. The lowest BCUT2D eigenvalue weighted by Gasteiger charge is -2.37. The van der Waals surface area contributed by atoms with Crippen LogP contribution in [0.25, 0.3) is 22.4 Å². The van der Waals surface area contributed by atoms with E-state index in [-0.39, 0.29) is 17.8 Å². The predicted molar refractivity (Wildman–Crippen MR) is 136 cm³/mol. The zero-order valence-electron chi connectivity index (χ0n) is 20.8. The van der Waals surface area contributed by atoms with Gasteiger partial charge in [-0.2, -0.15) is 9.97 Å². The first-order chi connectivity index (χ1) is 17.2. The molecule has 0 spiro atoms. The average Bonchev–Trinajstić information content (AvgIpc) is 3.60. The van der Waals surface area contributed by atoms with Crippen molar-refractivity contribution in [3.8, 4) is 11.3 Å². The van der Waals surface area contributed by atoms with Gasteiger partial charge in [-0.15, -0.1) is 0 Å². The quantitative estimate of drug-likeness (QED) is 0.524. The summed E-state index contributed by atoms with van der Waals surface area (Å²) in [5, 5.41) is 0. The Kier molecular flexibility index (Phi) is 6.33. The Morgan fingerprint density at radius 3 is 2.64 bits per heavy atom. The van der Waals surface area contributed by atoms with E-state index in [1.54, 1.807) is 6.21 Å². The molecule has 1 aromatic carbocycles. The Labute approximate surface area is 208 Å². The van der Waals surface area contributed by atoms with Crippen LogP contribution in [0, 0.1) is 11.6 Å². The Morgan fingerprint density at radius 1 is 1.19 bits per heavy atom. The predicted octanol–water partition coefficient (Wildman–Crippen LogP) is 3.04. The van der Waals surface area contributed by atoms with Gasteiger partial charge in [0.25, 0.3) is 0 Å². The number of hydrogen-bond acceptors (Lipinski definition) is 8. The summed E-state index contributed by atoms with van der Waals surface area (Å²) >= 11 is 0. The molecule has 2 N–H and O–H groups in total. The summed E-state index contributed by atoms with van der Waals surface area (Å²) in [6, 6.07) is 3.84. The van der Waals surface area contributed by atoms with Gasteiger partial charge in [0.2, 0.25) is 11.9 Å². The van der Waals surface area contributed by atoms with Crippen molar-refractivity contribution >= 4 is 29.3 Å². The molecular weight excluding hydrogens is 466 g/mol. The molecule has 1 saturated heterocycles. The third-order valence-electron chi connectivity index (χ3n) is 6.37. The number of ether oxygens (including phenoxy) is 1.